The first-order valence-corrected chi connectivity index (χ1v) is 15.4. The monoisotopic (exact) mass is 596 g/mol. The number of imidazole rings is 1. The highest BCUT2D eigenvalue weighted by atomic mass is 16.3. The zero-order chi connectivity index (χ0) is 31.3. The average Bonchev–Trinajstić information content (AvgIpc) is 3.74. The van der Waals surface area contributed by atoms with Crippen molar-refractivity contribution in [3.63, 3.8) is 0 Å². The number of aliphatic hydroxyl groups excluding tert-OH is 1. The third-order valence-corrected chi connectivity index (χ3v) is 9.79. The number of rotatable bonds is 9. The first-order valence-electron chi connectivity index (χ1n) is 15.4. The van der Waals surface area contributed by atoms with E-state index in [-0.39, 0.29) is 35.6 Å². The molecule has 0 aliphatic carbocycles. The van der Waals surface area contributed by atoms with Crippen molar-refractivity contribution in [3.05, 3.63) is 79.3 Å². The Labute approximate surface area is 256 Å². The molecule has 0 radical (unpaired) electrons. The predicted molar refractivity (Wildman–Crippen MR) is 172 cm³/mol. The number of aromatic nitrogens is 3. The van der Waals surface area contributed by atoms with Crippen LogP contribution in [0.1, 0.15) is 66.9 Å². The van der Waals surface area contributed by atoms with E-state index in [4.69, 9.17) is 0 Å². The van der Waals surface area contributed by atoms with Crippen LogP contribution in [0, 0.1) is 34.6 Å². The van der Waals surface area contributed by atoms with Crippen molar-refractivity contribution in [1.82, 2.24) is 24.8 Å². The summed E-state index contributed by atoms with van der Waals surface area (Å²) in [6.07, 6.45) is 4.43. The number of amides is 2. The highest BCUT2D eigenvalue weighted by molar-refractivity contribution is 6.22. The van der Waals surface area contributed by atoms with Crippen molar-refractivity contribution in [3.8, 4) is 11.4 Å². The molecule has 44 heavy (non-hydrogen) atoms. The second-order valence-corrected chi connectivity index (χ2v) is 12.2. The Morgan fingerprint density at radius 1 is 0.909 bits per heavy atom. The highest BCUT2D eigenvalue weighted by Gasteiger charge is 2.36. The number of aromatic amines is 2. The molecule has 10 heteroatoms. The van der Waals surface area contributed by atoms with Crippen LogP contribution in [-0.4, -0.2) is 80.5 Å². The quantitative estimate of drug-likeness (QED) is 0.213. The summed E-state index contributed by atoms with van der Waals surface area (Å²) in [4.78, 5) is 53.8. The van der Waals surface area contributed by atoms with Crippen molar-refractivity contribution in [2.75, 3.05) is 38.1 Å². The molecule has 0 spiro atoms. The van der Waals surface area contributed by atoms with Crippen molar-refractivity contribution in [1.29, 1.82) is 0 Å². The van der Waals surface area contributed by atoms with E-state index in [2.05, 4.69) is 59.8 Å². The summed E-state index contributed by atoms with van der Waals surface area (Å²) < 4.78 is 0. The van der Waals surface area contributed by atoms with Gasteiger partial charge in [-0.25, -0.2) is 4.98 Å². The van der Waals surface area contributed by atoms with E-state index in [0.29, 0.717) is 53.2 Å². The lowest BCUT2D eigenvalue weighted by Crippen LogP contribution is -2.37. The van der Waals surface area contributed by atoms with E-state index in [0.717, 1.165) is 25.9 Å². The molecular formula is C34H40N6O4. The molecular weight excluding hydrogens is 556 g/mol. The van der Waals surface area contributed by atoms with Gasteiger partial charge in [-0.05, 0) is 119 Å². The SMILES string of the molecule is Cc1c(C)c(C)c(C[C@H](CO)Nc2cc[nH]c(=O)c2-c2nc3cc4c(cc3[nH]2)C(=O)N(CCN2CCCC2)C4=O)c(C)c1C. The van der Waals surface area contributed by atoms with Gasteiger partial charge in [0.25, 0.3) is 17.4 Å². The van der Waals surface area contributed by atoms with Crippen molar-refractivity contribution in [2.24, 2.45) is 0 Å². The first-order chi connectivity index (χ1) is 21.1. The fraction of sp³-hybridized carbons (Fsp3) is 0.412. The average molecular weight is 597 g/mol. The van der Waals surface area contributed by atoms with Gasteiger partial charge in [0.15, 0.2) is 0 Å². The van der Waals surface area contributed by atoms with Gasteiger partial charge in [-0.1, -0.05) is 0 Å². The Hall–Kier alpha value is -4.28. The molecule has 4 heterocycles. The molecule has 1 saturated heterocycles. The topological polar surface area (TPSA) is 134 Å². The maximum absolute atomic E-state index is 13.2. The van der Waals surface area contributed by atoms with Crippen LogP contribution in [0.2, 0.25) is 0 Å². The number of pyridine rings is 1. The maximum atomic E-state index is 13.2. The van der Waals surface area contributed by atoms with E-state index in [1.165, 1.54) is 38.3 Å². The number of likely N-dealkylation sites (tertiary alicyclic amines) is 1. The molecule has 0 bridgehead atoms. The molecule has 230 valence electrons. The standard InChI is InChI=1S/C34H40N6O4/c1-18-19(2)21(4)24(22(5)20(18)3)14-23(17-41)36-27-8-9-35-32(42)30(27)31-37-28-15-25-26(16-29(28)38-31)34(44)40(33(25)43)13-12-39-10-6-7-11-39/h8-9,15-16,23,41H,6-7,10-14,17H2,1-5H3,(H,37,38)(H2,35,36,42)/t23-/m1/s1. The van der Waals surface area contributed by atoms with Gasteiger partial charge in [-0.2, -0.15) is 0 Å². The fourth-order valence-corrected chi connectivity index (χ4v) is 6.71. The highest BCUT2D eigenvalue weighted by Crippen LogP contribution is 2.31. The molecule has 2 aromatic carbocycles. The van der Waals surface area contributed by atoms with Crippen LogP contribution in [0.15, 0.2) is 29.2 Å². The molecule has 2 aliphatic heterocycles. The van der Waals surface area contributed by atoms with Gasteiger partial charge in [0.2, 0.25) is 0 Å². The molecule has 4 aromatic rings. The number of carbonyl (C=O) groups excluding carboxylic acids is 2. The largest absolute Gasteiger partial charge is 0.394 e. The molecule has 0 unspecified atom stereocenters. The van der Waals surface area contributed by atoms with E-state index in [1.54, 1.807) is 24.4 Å². The number of benzene rings is 2. The minimum Gasteiger partial charge on any atom is -0.394 e. The Morgan fingerprint density at radius 3 is 2.20 bits per heavy atom. The summed E-state index contributed by atoms with van der Waals surface area (Å²) in [6.45, 7) is 13.5. The van der Waals surface area contributed by atoms with Crippen LogP contribution >= 0.6 is 0 Å². The van der Waals surface area contributed by atoms with Crippen LogP contribution in [0.5, 0.6) is 0 Å². The number of hydrogen-bond donors (Lipinski definition) is 4. The summed E-state index contributed by atoms with van der Waals surface area (Å²) in [5.74, 6) is -0.307. The predicted octanol–water partition coefficient (Wildman–Crippen LogP) is 4.17. The van der Waals surface area contributed by atoms with Crippen LogP contribution in [0.3, 0.4) is 0 Å². The Bertz CT molecular complexity index is 1770. The lowest BCUT2D eigenvalue weighted by molar-refractivity contribution is 0.0640. The molecule has 2 amide bonds. The number of carbonyl (C=O) groups is 2. The minimum atomic E-state index is -0.357. The Balaban J connectivity index is 1.29. The molecule has 1 atom stereocenters. The fourth-order valence-electron chi connectivity index (χ4n) is 6.71. The normalized spacial score (nSPS) is 15.9. The van der Waals surface area contributed by atoms with E-state index < -0.39 is 0 Å². The number of fused-ring (bicyclic) bond motifs is 2. The zero-order valence-corrected chi connectivity index (χ0v) is 26.1. The lowest BCUT2D eigenvalue weighted by atomic mass is 9.87. The molecule has 0 saturated carbocycles. The zero-order valence-electron chi connectivity index (χ0n) is 26.1. The maximum Gasteiger partial charge on any atom is 0.261 e. The van der Waals surface area contributed by atoms with Crippen molar-refractivity contribution < 1.29 is 14.7 Å². The summed E-state index contributed by atoms with van der Waals surface area (Å²) >= 11 is 0. The molecule has 6 rings (SSSR count). The minimum absolute atomic E-state index is 0.136. The van der Waals surface area contributed by atoms with E-state index in [9.17, 15) is 19.5 Å². The summed E-state index contributed by atoms with van der Waals surface area (Å²) in [5.41, 5.74) is 9.56. The first kappa shape index (κ1) is 29.8. The summed E-state index contributed by atoms with van der Waals surface area (Å²) in [7, 11) is 0. The number of anilines is 1. The number of H-pyrrole nitrogens is 2. The summed E-state index contributed by atoms with van der Waals surface area (Å²) in [6, 6.07) is 4.69. The van der Waals surface area contributed by atoms with Crippen LogP contribution in [0.4, 0.5) is 5.69 Å². The number of nitrogens with zero attached hydrogens (tertiary/aromatic N) is 3. The van der Waals surface area contributed by atoms with Crippen LogP contribution < -0.4 is 10.9 Å². The van der Waals surface area contributed by atoms with Gasteiger partial charge >= 0.3 is 0 Å². The molecule has 10 nitrogen and oxygen atoms in total. The Kier molecular flexibility index (Phi) is 7.89. The molecule has 1 fully saturated rings. The van der Waals surface area contributed by atoms with E-state index >= 15 is 0 Å². The van der Waals surface area contributed by atoms with Crippen molar-refractivity contribution in [2.45, 2.75) is 59.9 Å². The second-order valence-electron chi connectivity index (χ2n) is 12.2. The molecule has 2 aromatic heterocycles. The second kappa shape index (κ2) is 11.7. The van der Waals surface area contributed by atoms with E-state index in [1.807, 2.05) is 0 Å². The number of hydrogen-bond acceptors (Lipinski definition) is 7. The van der Waals surface area contributed by atoms with Gasteiger partial charge in [0.05, 0.1) is 40.5 Å². The van der Waals surface area contributed by atoms with Gasteiger partial charge in [-0.15, -0.1) is 0 Å². The number of nitrogens with one attached hydrogen (secondary N) is 3. The summed E-state index contributed by atoms with van der Waals surface area (Å²) in [5, 5.41) is 13.8. The molecule has 2 aliphatic rings. The smallest absolute Gasteiger partial charge is 0.261 e. The Morgan fingerprint density at radius 2 is 1.55 bits per heavy atom. The third-order valence-electron chi connectivity index (χ3n) is 9.79. The lowest BCUT2D eigenvalue weighted by Gasteiger charge is -2.24. The number of imide groups is 1. The van der Waals surface area contributed by atoms with Gasteiger partial charge < -0.3 is 25.3 Å². The van der Waals surface area contributed by atoms with Gasteiger partial charge in [-0.3, -0.25) is 19.3 Å². The van der Waals surface area contributed by atoms with Crippen LogP contribution in [0.25, 0.3) is 22.4 Å². The van der Waals surface area contributed by atoms with Crippen molar-refractivity contribution >= 4 is 28.5 Å². The third kappa shape index (κ3) is 5.11. The molecule has 4 N–H and O–H groups in total. The van der Waals surface area contributed by atoms with Gasteiger partial charge in [0, 0.05) is 19.3 Å². The number of aliphatic hydroxyl groups is 1. The van der Waals surface area contributed by atoms with Crippen LogP contribution in [-0.2, 0) is 6.42 Å². The van der Waals surface area contributed by atoms with Gasteiger partial charge in [0.1, 0.15) is 11.4 Å².